The molecule has 30 heavy (non-hydrogen) atoms. The average molecular weight is 415 g/mol. The van der Waals surface area contributed by atoms with E-state index in [0.29, 0.717) is 22.5 Å². The summed E-state index contributed by atoms with van der Waals surface area (Å²) in [5.41, 5.74) is 3.95. The minimum Gasteiger partial charge on any atom is -0.437 e. The summed E-state index contributed by atoms with van der Waals surface area (Å²) >= 11 is 6.61. The van der Waals surface area contributed by atoms with Gasteiger partial charge >= 0.3 is 0 Å². The van der Waals surface area contributed by atoms with Gasteiger partial charge in [0, 0.05) is 24.5 Å². The molecule has 0 saturated heterocycles. The molecule has 2 aromatic carbocycles. The van der Waals surface area contributed by atoms with Crippen molar-refractivity contribution in [2.24, 2.45) is 7.05 Å². The summed E-state index contributed by atoms with van der Waals surface area (Å²) in [5.74, 6) is 4.25. The van der Waals surface area contributed by atoms with E-state index >= 15 is 0 Å². The first-order valence-corrected chi connectivity index (χ1v) is 9.47. The SMILES string of the molecule is C#Cc1ccc(Oc2nn(C)c3cc(Nc4n[nH]c5cccnc45)cc(Cl)c23)cc1. The van der Waals surface area contributed by atoms with Gasteiger partial charge in [0.15, 0.2) is 5.82 Å². The lowest BCUT2D eigenvalue weighted by atomic mass is 10.2. The van der Waals surface area contributed by atoms with E-state index in [1.165, 1.54) is 0 Å². The Morgan fingerprint density at radius 1 is 1.20 bits per heavy atom. The van der Waals surface area contributed by atoms with Crippen LogP contribution in [0, 0.1) is 12.3 Å². The molecule has 5 aromatic rings. The normalized spacial score (nSPS) is 11.0. The Labute approximate surface area is 176 Å². The highest BCUT2D eigenvalue weighted by molar-refractivity contribution is 6.36. The number of nitrogens with one attached hydrogen (secondary N) is 2. The first-order chi connectivity index (χ1) is 14.6. The maximum Gasteiger partial charge on any atom is 0.247 e. The van der Waals surface area contributed by atoms with E-state index in [2.05, 4.69) is 31.5 Å². The van der Waals surface area contributed by atoms with Crippen molar-refractivity contribution >= 4 is 45.0 Å². The summed E-state index contributed by atoms with van der Waals surface area (Å²) in [7, 11) is 1.84. The van der Waals surface area contributed by atoms with Crippen LogP contribution in [0.25, 0.3) is 21.9 Å². The van der Waals surface area contributed by atoms with Gasteiger partial charge in [0.1, 0.15) is 11.3 Å². The van der Waals surface area contributed by atoms with Crippen molar-refractivity contribution in [3.8, 4) is 24.0 Å². The van der Waals surface area contributed by atoms with Crippen LogP contribution in [-0.4, -0.2) is 25.0 Å². The van der Waals surface area contributed by atoms with Crippen LogP contribution < -0.4 is 10.1 Å². The summed E-state index contributed by atoms with van der Waals surface area (Å²) in [6.07, 6.45) is 7.13. The number of pyridine rings is 1. The number of hydrogen-bond acceptors (Lipinski definition) is 5. The van der Waals surface area contributed by atoms with E-state index in [4.69, 9.17) is 22.8 Å². The number of H-pyrrole nitrogens is 1. The van der Waals surface area contributed by atoms with Gasteiger partial charge in [-0.15, -0.1) is 11.5 Å². The third kappa shape index (κ3) is 3.09. The number of halogens is 1. The first kappa shape index (κ1) is 18.0. The minimum absolute atomic E-state index is 0.421. The van der Waals surface area contributed by atoms with Crippen molar-refractivity contribution in [1.82, 2.24) is 25.0 Å². The Hall–Kier alpha value is -4.02. The molecule has 0 amide bonds. The average Bonchev–Trinajstić information content (AvgIpc) is 3.30. The Morgan fingerprint density at radius 3 is 2.83 bits per heavy atom. The highest BCUT2D eigenvalue weighted by atomic mass is 35.5. The quantitative estimate of drug-likeness (QED) is 0.404. The van der Waals surface area contributed by atoms with Crippen molar-refractivity contribution < 1.29 is 4.74 Å². The fourth-order valence-corrected chi connectivity index (χ4v) is 3.55. The fourth-order valence-electron chi connectivity index (χ4n) is 3.25. The van der Waals surface area contributed by atoms with E-state index in [1.807, 2.05) is 43.4 Å². The number of aryl methyl sites for hydroxylation is 1. The number of aromatic nitrogens is 5. The van der Waals surface area contributed by atoms with Gasteiger partial charge in [-0.25, -0.2) is 0 Å². The number of hydrogen-bond donors (Lipinski definition) is 2. The van der Waals surface area contributed by atoms with E-state index in [1.54, 1.807) is 23.0 Å². The number of anilines is 2. The van der Waals surface area contributed by atoms with E-state index < -0.39 is 0 Å². The zero-order valence-electron chi connectivity index (χ0n) is 15.8. The highest BCUT2D eigenvalue weighted by Crippen LogP contribution is 2.37. The van der Waals surface area contributed by atoms with Crippen LogP contribution >= 0.6 is 11.6 Å². The molecule has 0 spiro atoms. The van der Waals surface area contributed by atoms with Crippen molar-refractivity contribution in [3.05, 3.63) is 65.3 Å². The van der Waals surface area contributed by atoms with Gasteiger partial charge in [-0.05, 0) is 48.5 Å². The molecule has 0 aliphatic heterocycles. The van der Waals surface area contributed by atoms with Crippen LogP contribution in [0.2, 0.25) is 5.02 Å². The lowest BCUT2D eigenvalue weighted by molar-refractivity contribution is 0.458. The Balaban J connectivity index is 1.51. The third-order valence-electron chi connectivity index (χ3n) is 4.69. The van der Waals surface area contributed by atoms with Crippen molar-refractivity contribution in [3.63, 3.8) is 0 Å². The Morgan fingerprint density at radius 2 is 2.03 bits per heavy atom. The van der Waals surface area contributed by atoms with Gasteiger partial charge < -0.3 is 10.1 Å². The van der Waals surface area contributed by atoms with E-state index in [0.717, 1.165) is 33.2 Å². The monoisotopic (exact) mass is 414 g/mol. The zero-order chi connectivity index (χ0) is 20.7. The molecule has 3 heterocycles. The number of nitrogens with zero attached hydrogens (tertiary/aromatic N) is 4. The molecule has 0 bridgehead atoms. The van der Waals surface area contributed by atoms with Gasteiger partial charge in [-0.3, -0.25) is 14.8 Å². The van der Waals surface area contributed by atoms with Gasteiger partial charge in [0.25, 0.3) is 0 Å². The predicted molar refractivity (Wildman–Crippen MR) is 117 cm³/mol. The summed E-state index contributed by atoms with van der Waals surface area (Å²) in [6, 6.07) is 14.7. The maximum atomic E-state index is 6.61. The molecule has 0 aliphatic carbocycles. The van der Waals surface area contributed by atoms with Crippen LogP contribution in [0.4, 0.5) is 11.5 Å². The number of fused-ring (bicyclic) bond motifs is 2. The molecular formula is C22H15ClN6O. The molecule has 146 valence electrons. The maximum absolute atomic E-state index is 6.61. The summed E-state index contributed by atoms with van der Waals surface area (Å²) in [6.45, 7) is 0. The number of benzene rings is 2. The molecule has 3 aromatic heterocycles. The van der Waals surface area contributed by atoms with Crippen LogP contribution in [0.1, 0.15) is 5.56 Å². The second kappa shape index (κ2) is 7.10. The fraction of sp³-hybridized carbons (Fsp3) is 0.0455. The first-order valence-electron chi connectivity index (χ1n) is 9.09. The Kier molecular flexibility index (Phi) is 4.27. The third-order valence-corrected chi connectivity index (χ3v) is 4.99. The lowest BCUT2D eigenvalue weighted by Crippen LogP contribution is -1.94. The van der Waals surface area contributed by atoms with Crippen LogP contribution in [0.5, 0.6) is 11.6 Å². The van der Waals surface area contributed by atoms with Crippen LogP contribution in [0.15, 0.2) is 54.7 Å². The van der Waals surface area contributed by atoms with Gasteiger partial charge in [-0.1, -0.05) is 17.5 Å². The molecule has 0 radical (unpaired) electrons. The molecule has 0 aliphatic rings. The second-order valence-electron chi connectivity index (χ2n) is 6.65. The van der Waals surface area contributed by atoms with Gasteiger partial charge in [-0.2, -0.15) is 5.10 Å². The number of terminal acetylenes is 1. The second-order valence-corrected chi connectivity index (χ2v) is 7.06. The lowest BCUT2D eigenvalue weighted by Gasteiger charge is -2.07. The van der Waals surface area contributed by atoms with Crippen molar-refractivity contribution in [2.45, 2.75) is 0 Å². The van der Waals surface area contributed by atoms with Crippen molar-refractivity contribution in [1.29, 1.82) is 0 Å². The molecular weight excluding hydrogens is 400 g/mol. The number of ether oxygens (including phenoxy) is 1. The Bertz CT molecular complexity index is 1430. The zero-order valence-corrected chi connectivity index (χ0v) is 16.6. The van der Waals surface area contributed by atoms with Gasteiger partial charge in [0.2, 0.25) is 5.88 Å². The van der Waals surface area contributed by atoms with Gasteiger partial charge in [0.05, 0.1) is 21.4 Å². The predicted octanol–water partition coefficient (Wildman–Crippen LogP) is 5.02. The standard InChI is InChI=1S/C22H15ClN6O/c1-3-13-6-8-15(9-7-13)30-22-19-16(23)11-14(12-18(19)29(2)28-22)25-21-20-17(26-27-21)5-4-10-24-20/h1,4-12H,2H3,(H2,25,26,27). The summed E-state index contributed by atoms with van der Waals surface area (Å²) < 4.78 is 7.68. The molecule has 7 nitrogen and oxygen atoms in total. The molecule has 8 heteroatoms. The molecule has 2 N–H and O–H groups in total. The highest BCUT2D eigenvalue weighted by Gasteiger charge is 2.17. The summed E-state index contributed by atoms with van der Waals surface area (Å²) in [4.78, 5) is 4.36. The van der Waals surface area contributed by atoms with Crippen LogP contribution in [0.3, 0.4) is 0 Å². The number of aromatic amines is 1. The van der Waals surface area contributed by atoms with Crippen LogP contribution in [-0.2, 0) is 7.05 Å². The topological polar surface area (TPSA) is 80.6 Å². The number of rotatable bonds is 4. The minimum atomic E-state index is 0.421. The van der Waals surface area contributed by atoms with Crippen molar-refractivity contribution in [2.75, 3.05) is 5.32 Å². The van der Waals surface area contributed by atoms with E-state index in [9.17, 15) is 0 Å². The largest absolute Gasteiger partial charge is 0.437 e. The molecule has 0 saturated carbocycles. The molecule has 5 rings (SSSR count). The molecule has 0 fully saturated rings. The van der Waals surface area contributed by atoms with E-state index in [-0.39, 0.29) is 0 Å². The molecule has 0 atom stereocenters. The molecule has 0 unspecified atom stereocenters. The smallest absolute Gasteiger partial charge is 0.247 e. The summed E-state index contributed by atoms with van der Waals surface area (Å²) in [5, 5.41) is 16.2.